The highest BCUT2D eigenvalue weighted by Gasteiger charge is 2.58. The van der Waals surface area contributed by atoms with E-state index in [1.54, 1.807) is 6.92 Å². The van der Waals surface area contributed by atoms with E-state index in [-0.39, 0.29) is 22.2 Å². The standard InChI is InChI=1S/C17H18N2O4S2/c1-8(20)11-14(21)19-13(16(22)23)17(25-15(11)19)24-10-6-5-9-4-3-7-18(2)12(9)10/h3-4,7-8,10-11,15,20H,5-6H2,1-2H3/p+1/t8-,10?,11+,15-/m1/s1. The Morgan fingerprint density at radius 1 is 1.52 bits per heavy atom. The van der Waals surface area contributed by atoms with Gasteiger partial charge in [-0.1, -0.05) is 11.8 Å². The summed E-state index contributed by atoms with van der Waals surface area (Å²) >= 11 is 2.94. The van der Waals surface area contributed by atoms with Gasteiger partial charge in [-0.05, 0) is 25.8 Å². The number of carbonyl (C=O) groups excluding carboxylic acids is 1. The van der Waals surface area contributed by atoms with Crippen LogP contribution in [0.2, 0.25) is 0 Å². The highest BCUT2D eigenvalue weighted by Crippen LogP contribution is 2.57. The van der Waals surface area contributed by atoms with E-state index < -0.39 is 18.0 Å². The van der Waals surface area contributed by atoms with Crippen molar-refractivity contribution in [1.29, 1.82) is 0 Å². The fourth-order valence-electron chi connectivity index (χ4n) is 3.83. The van der Waals surface area contributed by atoms with Crippen molar-refractivity contribution in [2.45, 2.75) is 36.5 Å². The van der Waals surface area contributed by atoms with Crippen LogP contribution in [0, 0.1) is 5.92 Å². The first-order valence-corrected chi connectivity index (χ1v) is 9.95. The first-order valence-electron chi connectivity index (χ1n) is 8.19. The van der Waals surface area contributed by atoms with E-state index in [1.807, 2.05) is 19.3 Å². The maximum atomic E-state index is 12.3. The molecule has 8 heteroatoms. The van der Waals surface area contributed by atoms with Gasteiger partial charge in [-0.15, -0.1) is 11.8 Å². The number of carboxylic acids is 1. The van der Waals surface area contributed by atoms with Gasteiger partial charge in [-0.3, -0.25) is 9.69 Å². The van der Waals surface area contributed by atoms with Gasteiger partial charge in [0.15, 0.2) is 17.6 Å². The number of rotatable bonds is 4. The van der Waals surface area contributed by atoms with E-state index in [4.69, 9.17) is 0 Å². The van der Waals surface area contributed by atoms with Gasteiger partial charge in [0.05, 0.1) is 21.5 Å². The second-order valence-electron chi connectivity index (χ2n) is 6.60. The third-order valence-electron chi connectivity index (χ3n) is 5.01. The monoisotopic (exact) mass is 379 g/mol. The minimum Gasteiger partial charge on any atom is -0.477 e. The molecule has 1 fully saturated rings. The molecule has 3 aliphatic rings. The van der Waals surface area contributed by atoms with Crippen LogP contribution in [0.5, 0.6) is 0 Å². The molecule has 1 aliphatic carbocycles. The van der Waals surface area contributed by atoms with Gasteiger partial charge in [0.1, 0.15) is 12.4 Å². The van der Waals surface area contributed by atoms with E-state index in [1.165, 1.54) is 39.7 Å². The molecule has 0 bridgehead atoms. The number of aliphatic hydroxyl groups is 1. The minimum atomic E-state index is -1.08. The van der Waals surface area contributed by atoms with Crippen molar-refractivity contribution in [2.75, 3.05) is 0 Å². The second kappa shape index (κ2) is 6.03. The van der Waals surface area contributed by atoms with Gasteiger partial charge in [0.2, 0.25) is 5.91 Å². The number of β-lactam (4-membered cyclic amide) rings is 1. The Morgan fingerprint density at radius 2 is 2.28 bits per heavy atom. The van der Waals surface area contributed by atoms with Gasteiger partial charge in [0, 0.05) is 11.6 Å². The average molecular weight is 379 g/mol. The van der Waals surface area contributed by atoms with E-state index >= 15 is 0 Å². The molecule has 0 aromatic carbocycles. The number of hydrogen-bond acceptors (Lipinski definition) is 5. The van der Waals surface area contributed by atoms with E-state index in [2.05, 4.69) is 10.6 Å². The van der Waals surface area contributed by atoms with Crippen LogP contribution in [0.4, 0.5) is 0 Å². The number of aryl methyl sites for hydroxylation is 2. The SMILES string of the molecule is C[C@@H](O)[C@H]1C(=O)N2C(C(=O)O)=C(SC3CCc4ccc[n+](C)c43)S[C@H]12. The summed E-state index contributed by atoms with van der Waals surface area (Å²) in [5.74, 6) is -1.90. The number of aliphatic hydroxyl groups excluding tert-OH is 1. The normalized spacial score (nSPS) is 28.7. The third-order valence-corrected chi connectivity index (χ3v) is 7.90. The zero-order valence-electron chi connectivity index (χ0n) is 13.9. The molecule has 4 rings (SSSR count). The minimum absolute atomic E-state index is 0.0777. The van der Waals surface area contributed by atoms with E-state index in [9.17, 15) is 19.8 Å². The van der Waals surface area contributed by atoms with Crippen molar-refractivity contribution in [1.82, 2.24) is 4.90 Å². The van der Waals surface area contributed by atoms with Gasteiger partial charge in [-0.2, -0.15) is 0 Å². The van der Waals surface area contributed by atoms with Crippen LogP contribution < -0.4 is 4.57 Å². The molecule has 1 unspecified atom stereocenters. The Morgan fingerprint density at radius 3 is 2.96 bits per heavy atom. The van der Waals surface area contributed by atoms with E-state index in [0.717, 1.165) is 12.8 Å². The lowest BCUT2D eigenvalue weighted by molar-refractivity contribution is -0.679. The number of nitrogens with zero attached hydrogens (tertiary/aromatic N) is 2. The number of aromatic nitrogens is 1. The number of fused-ring (bicyclic) bond motifs is 2. The first kappa shape index (κ1) is 16.9. The molecule has 0 spiro atoms. The zero-order chi connectivity index (χ0) is 17.9. The van der Waals surface area contributed by atoms with Gasteiger partial charge >= 0.3 is 5.97 Å². The molecule has 0 radical (unpaired) electrons. The summed E-state index contributed by atoms with van der Waals surface area (Å²) in [6, 6.07) is 4.14. The summed E-state index contributed by atoms with van der Waals surface area (Å²) in [6.07, 6.45) is 3.16. The van der Waals surface area contributed by atoms with Crippen LogP contribution in [0.15, 0.2) is 28.3 Å². The topological polar surface area (TPSA) is 81.7 Å². The molecule has 2 aliphatic heterocycles. The predicted molar refractivity (Wildman–Crippen MR) is 94.3 cm³/mol. The van der Waals surface area contributed by atoms with Gasteiger partial charge in [-0.25, -0.2) is 9.36 Å². The van der Waals surface area contributed by atoms with Crippen LogP contribution in [0.3, 0.4) is 0 Å². The maximum absolute atomic E-state index is 12.3. The lowest BCUT2D eigenvalue weighted by atomic mass is 9.92. The van der Waals surface area contributed by atoms with Crippen LogP contribution in [0.25, 0.3) is 0 Å². The zero-order valence-corrected chi connectivity index (χ0v) is 15.5. The van der Waals surface area contributed by atoms with Gasteiger partial charge < -0.3 is 10.2 Å². The lowest BCUT2D eigenvalue weighted by Crippen LogP contribution is -2.60. The highest BCUT2D eigenvalue weighted by atomic mass is 32.2. The summed E-state index contributed by atoms with van der Waals surface area (Å²) in [6.45, 7) is 1.58. The first-order chi connectivity index (χ1) is 11.9. The second-order valence-corrected chi connectivity index (χ2v) is 9.20. The summed E-state index contributed by atoms with van der Waals surface area (Å²) in [7, 11) is 2.01. The smallest absolute Gasteiger partial charge is 0.354 e. The van der Waals surface area contributed by atoms with Crippen LogP contribution >= 0.6 is 23.5 Å². The number of aliphatic carboxylic acids is 1. The summed E-state index contributed by atoms with van der Waals surface area (Å²) in [5.41, 5.74) is 2.59. The molecular weight excluding hydrogens is 360 g/mol. The summed E-state index contributed by atoms with van der Waals surface area (Å²) < 4.78 is 2.77. The molecule has 2 N–H and O–H groups in total. The largest absolute Gasteiger partial charge is 0.477 e. The molecule has 132 valence electrons. The van der Waals surface area contributed by atoms with Crippen LogP contribution in [-0.4, -0.2) is 38.5 Å². The molecule has 1 aromatic rings. The Bertz CT molecular complexity index is 808. The molecule has 3 heterocycles. The number of hydrogen-bond donors (Lipinski definition) is 2. The van der Waals surface area contributed by atoms with Crippen molar-refractivity contribution in [2.24, 2.45) is 13.0 Å². The fourth-order valence-corrected chi connectivity index (χ4v) is 7.23. The molecule has 25 heavy (non-hydrogen) atoms. The summed E-state index contributed by atoms with van der Waals surface area (Å²) in [5, 5.41) is 19.3. The Kier molecular flexibility index (Phi) is 4.09. The molecule has 1 aromatic heterocycles. The number of carboxylic acid groups (broad SMARTS) is 1. The number of thioether (sulfide) groups is 2. The molecule has 1 saturated heterocycles. The maximum Gasteiger partial charge on any atom is 0.354 e. The molecular formula is C17H19N2O4S2+. The lowest BCUT2D eigenvalue weighted by Gasteiger charge is -2.43. The highest BCUT2D eigenvalue weighted by molar-refractivity contribution is 8.22. The van der Waals surface area contributed by atoms with Crippen molar-refractivity contribution in [3.63, 3.8) is 0 Å². The molecule has 6 nitrogen and oxygen atoms in total. The van der Waals surface area contributed by atoms with Crippen molar-refractivity contribution >= 4 is 35.4 Å². The molecule has 0 saturated carbocycles. The van der Waals surface area contributed by atoms with Crippen LogP contribution in [-0.2, 0) is 23.1 Å². The van der Waals surface area contributed by atoms with Crippen molar-refractivity contribution in [3.8, 4) is 0 Å². The molecule has 4 atom stereocenters. The predicted octanol–water partition coefficient (Wildman–Crippen LogP) is 1.40. The molecule has 1 amide bonds. The van der Waals surface area contributed by atoms with Gasteiger partial charge in [0.25, 0.3) is 0 Å². The third kappa shape index (κ3) is 2.50. The Balaban J connectivity index is 1.64. The van der Waals surface area contributed by atoms with Crippen molar-refractivity contribution < 1.29 is 24.4 Å². The Labute approximate surface area is 153 Å². The average Bonchev–Trinajstić information content (AvgIpc) is 3.08. The number of pyridine rings is 1. The van der Waals surface area contributed by atoms with Crippen molar-refractivity contribution in [3.05, 3.63) is 39.5 Å². The number of carbonyl (C=O) groups is 2. The quantitative estimate of drug-likeness (QED) is 0.608. The Hall–Kier alpha value is -1.51. The van der Waals surface area contributed by atoms with Crippen LogP contribution in [0.1, 0.15) is 29.9 Å². The van der Waals surface area contributed by atoms with E-state index in [0.29, 0.717) is 4.24 Å². The number of amides is 1. The fraction of sp³-hybridized carbons (Fsp3) is 0.471. The summed E-state index contributed by atoms with van der Waals surface area (Å²) in [4.78, 5) is 25.4.